The number of piperidine rings is 1. The van der Waals surface area contributed by atoms with Crippen LogP contribution in [0, 0.1) is 0 Å². The molecule has 30 heavy (non-hydrogen) atoms. The van der Waals surface area contributed by atoms with Crippen molar-refractivity contribution in [1.82, 2.24) is 30.1 Å². The third-order valence-corrected chi connectivity index (χ3v) is 5.85. The maximum Gasteiger partial charge on any atom is 0.155 e. The zero-order valence-electron chi connectivity index (χ0n) is 16.5. The zero-order valence-corrected chi connectivity index (χ0v) is 16.5. The molecule has 7 heteroatoms. The molecule has 0 amide bonds. The minimum absolute atomic E-state index is 0.769. The molecular weight excluding hydrogens is 374 g/mol. The topological polar surface area (TPSA) is 86.4 Å². The Hall–Kier alpha value is -3.74. The molecule has 0 radical (unpaired) electrons. The second kappa shape index (κ2) is 6.95. The van der Waals surface area contributed by atoms with Crippen LogP contribution in [0.4, 0.5) is 5.82 Å². The van der Waals surface area contributed by atoms with E-state index in [-0.39, 0.29) is 0 Å². The molecule has 7 nitrogen and oxygen atoms in total. The van der Waals surface area contributed by atoms with Gasteiger partial charge >= 0.3 is 0 Å². The van der Waals surface area contributed by atoms with Gasteiger partial charge in [-0.2, -0.15) is 5.10 Å². The van der Waals surface area contributed by atoms with Crippen molar-refractivity contribution in [3.63, 3.8) is 0 Å². The molecule has 5 aromatic rings. The fraction of sp³-hybridized carbons (Fsp3) is 0.217. The van der Waals surface area contributed by atoms with Crippen LogP contribution >= 0.6 is 0 Å². The second-order valence-electron chi connectivity index (χ2n) is 7.76. The number of aromatic amines is 2. The van der Waals surface area contributed by atoms with Gasteiger partial charge in [-0.3, -0.25) is 10.1 Å². The van der Waals surface area contributed by atoms with Crippen LogP contribution in [0.2, 0.25) is 0 Å². The summed E-state index contributed by atoms with van der Waals surface area (Å²) >= 11 is 0. The van der Waals surface area contributed by atoms with Crippen molar-refractivity contribution in [2.75, 3.05) is 18.0 Å². The molecule has 1 aliphatic rings. The van der Waals surface area contributed by atoms with Crippen LogP contribution < -0.4 is 4.90 Å². The summed E-state index contributed by atoms with van der Waals surface area (Å²) in [5, 5.41) is 9.76. The van der Waals surface area contributed by atoms with Gasteiger partial charge in [-0.15, -0.1) is 0 Å². The molecule has 6 rings (SSSR count). The standard InChI is InChI=1S/C23H21N7/c1-2-9-30(10-3-1)23-17-12-20(27-19(17)6-8-25-23)21-18-11-16(14-26-22(18)29-28-21)15-5-4-7-24-13-15/h4-8,11-14,27H,1-3,9-10H2,(H,26,28,29). The SMILES string of the molecule is c1cncc(-c2cnc3[nH]nc(-c4cc5c(N6CCCCC6)nccc5[nH]4)c3c2)c1. The molecular formula is C23H21N7. The minimum atomic E-state index is 0.769. The fourth-order valence-corrected chi connectivity index (χ4v) is 4.32. The maximum absolute atomic E-state index is 4.70. The molecule has 0 saturated carbocycles. The fourth-order valence-electron chi connectivity index (χ4n) is 4.32. The van der Waals surface area contributed by atoms with Crippen molar-refractivity contribution in [1.29, 1.82) is 0 Å². The highest BCUT2D eigenvalue weighted by atomic mass is 15.2. The quantitative estimate of drug-likeness (QED) is 0.468. The van der Waals surface area contributed by atoms with Gasteiger partial charge in [0.1, 0.15) is 11.5 Å². The maximum atomic E-state index is 4.70. The minimum Gasteiger partial charge on any atom is -0.356 e. The van der Waals surface area contributed by atoms with E-state index < -0.39 is 0 Å². The van der Waals surface area contributed by atoms with Crippen LogP contribution in [0.5, 0.6) is 0 Å². The Morgan fingerprint density at radius 1 is 0.867 bits per heavy atom. The number of fused-ring (bicyclic) bond motifs is 2. The number of pyridine rings is 3. The smallest absolute Gasteiger partial charge is 0.155 e. The number of anilines is 1. The van der Waals surface area contributed by atoms with Gasteiger partial charge in [0.2, 0.25) is 0 Å². The molecule has 1 aliphatic heterocycles. The van der Waals surface area contributed by atoms with E-state index in [1.807, 2.05) is 36.8 Å². The van der Waals surface area contributed by atoms with E-state index in [0.717, 1.165) is 63.4 Å². The van der Waals surface area contributed by atoms with Gasteiger partial charge in [-0.05, 0) is 43.5 Å². The van der Waals surface area contributed by atoms with Crippen molar-refractivity contribution in [3.05, 3.63) is 55.1 Å². The number of rotatable bonds is 3. The Labute approximate surface area is 173 Å². The number of hydrogen-bond acceptors (Lipinski definition) is 5. The summed E-state index contributed by atoms with van der Waals surface area (Å²) in [6.45, 7) is 2.13. The predicted octanol–water partition coefficient (Wildman–Crippen LogP) is 4.55. The average molecular weight is 395 g/mol. The van der Waals surface area contributed by atoms with Crippen LogP contribution in [0.15, 0.2) is 55.1 Å². The largest absolute Gasteiger partial charge is 0.356 e. The van der Waals surface area contributed by atoms with Crippen molar-refractivity contribution < 1.29 is 0 Å². The monoisotopic (exact) mass is 395 g/mol. The van der Waals surface area contributed by atoms with Crippen molar-refractivity contribution >= 4 is 27.8 Å². The highest BCUT2D eigenvalue weighted by Crippen LogP contribution is 2.33. The lowest BCUT2D eigenvalue weighted by Crippen LogP contribution is -2.30. The summed E-state index contributed by atoms with van der Waals surface area (Å²) in [4.78, 5) is 19.4. The first-order chi connectivity index (χ1) is 14.9. The van der Waals surface area contributed by atoms with Crippen LogP contribution in [0.3, 0.4) is 0 Å². The van der Waals surface area contributed by atoms with Gasteiger partial charge < -0.3 is 9.88 Å². The molecule has 5 aromatic heterocycles. The third kappa shape index (κ3) is 2.82. The number of aromatic nitrogens is 6. The van der Waals surface area contributed by atoms with E-state index in [0.29, 0.717) is 0 Å². The van der Waals surface area contributed by atoms with E-state index in [2.05, 4.69) is 42.2 Å². The number of hydrogen-bond donors (Lipinski definition) is 2. The van der Waals surface area contributed by atoms with E-state index in [1.165, 1.54) is 19.3 Å². The Bertz CT molecular complexity index is 1330. The number of nitrogens with zero attached hydrogens (tertiary/aromatic N) is 5. The zero-order chi connectivity index (χ0) is 19.9. The molecule has 2 N–H and O–H groups in total. The molecule has 0 aromatic carbocycles. The van der Waals surface area contributed by atoms with E-state index >= 15 is 0 Å². The molecule has 148 valence electrons. The molecule has 6 heterocycles. The van der Waals surface area contributed by atoms with E-state index in [1.54, 1.807) is 6.20 Å². The molecule has 0 unspecified atom stereocenters. The molecule has 0 bridgehead atoms. The van der Waals surface area contributed by atoms with Gasteiger partial charge in [0.25, 0.3) is 0 Å². The average Bonchev–Trinajstić information content (AvgIpc) is 3.43. The van der Waals surface area contributed by atoms with Crippen LogP contribution in [-0.2, 0) is 0 Å². The molecule has 0 atom stereocenters. The van der Waals surface area contributed by atoms with Crippen molar-refractivity contribution in [3.8, 4) is 22.5 Å². The molecule has 0 aliphatic carbocycles. The Morgan fingerprint density at radius 3 is 2.67 bits per heavy atom. The Kier molecular flexibility index (Phi) is 3.97. The van der Waals surface area contributed by atoms with Crippen LogP contribution in [0.25, 0.3) is 44.5 Å². The summed E-state index contributed by atoms with van der Waals surface area (Å²) in [5.74, 6) is 1.06. The van der Waals surface area contributed by atoms with Gasteiger partial charge in [0.15, 0.2) is 5.65 Å². The lowest BCUT2D eigenvalue weighted by Gasteiger charge is -2.28. The first kappa shape index (κ1) is 17.1. The van der Waals surface area contributed by atoms with Crippen LogP contribution in [0.1, 0.15) is 19.3 Å². The highest BCUT2D eigenvalue weighted by molar-refractivity contribution is 5.99. The molecule has 0 spiro atoms. The predicted molar refractivity (Wildman–Crippen MR) is 118 cm³/mol. The van der Waals surface area contributed by atoms with Crippen LogP contribution in [-0.4, -0.2) is 43.2 Å². The highest BCUT2D eigenvalue weighted by Gasteiger charge is 2.18. The van der Waals surface area contributed by atoms with E-state index in [4.69, 9.17) is 4.98 Å². The number of H-pyrrole nitrogens is 2. The summed E-state index contributed by atoms with van der Waals surface area (Å²) in [7, 11) is 0. The van der Waals surface area contributed by atoms with Gasteiger partial charge in [0.05, 0.1) is 11.2 Å². The van der Waals surface area contributed by atoms with Crippen molar-refractivity contribution in [2.24, 2.45) is 0 Å². The summed E-state index contributed by atoms with van der Waals surface area (Å²) in [6, 6.07) is 10.3. The third-order valence-electron chi connectivity index (χ3n) is 5.85. The lowest BCUT2D eigenvalue weighted by molar-refractivity contribution is 0.575. The molecule has 1 saturated heterocycles. The van der Waals surface area contributed by atoms with Gasteiger partial charge in [-0.25, -0.2) is 9.97 Å². The Morgan fingerprint density at radius 2 is 1.80 bits per heavy atom. The second-order valence-corrected chi connectivity index (χ2v) is 7.76. The molecule has 1 fully saturated rings. The summed E-state index contributed by atoms with van der Waals surface area (Å²) < 4.78 is 0. The van der Waals surface area contributed by atoms with E-state index in [9.17, 15) is 0 Å². The summed E-state index contributed by atoms with van der Waals surface area (Å²) in [6.07, 6.45) is 11.1. The van der Waals surface area contributed by atoms with Gasteiger partial charge in [-0.1, -0.05) is 6.07 Å². The Balaban J connectivity index is 1.47. The first-order valence-electron chi connectivity index (χ1n) is 10.3. The summed E-state index contributed by atoms with van der Waals surface area (Å²) in [5.41, 5.74) is 5.73. The van der Waals surface area contributed by atoms with Gasteiger partial charge in [0, 0.05) is 59.8 Å². The van der Waals surface area contributed by atoms with Crippen molar-refractivity contribution in [2.45, 2.75) is 19.3 Å². The normalized spacial score (nSPS) is 14.6. The number of nitrogens with one attached hydrogen (secondary N) is 2. The lowest BCUT2D eigenvalue weighted by atomic mass is 10.1. The first-order valence-corrected chi connectivity index (χ1v) is 10.3.